The zero-order valence-corrected chi connectivity index (χ0v) is 16.7. The first kappa shape index (κ1) is 21.2. The molecule has 160 valence electrons. The second-order valence-electron chi connectivity index (χ2n) is 6.64. The number of hydrogen-bond acceptors (Lipinski definition) is 9. The van der Waals surface area contributed by atoms with Gasteiger partial charge >= 0.3 is 11.8 Å². The first-order chi connectivity index (χ1) is 14.1. The molecule has 12 nitrogen and oxygen atoms in total. The zero-order valence-electron chi connectivity index (χ0n) is 15.9. The van der Waals surface area contributed by atoms with Gasteiger partial charge in [-0.3, -0.25) is 10.1 Å². The SMILES string of the molecule is CS(=O)(=O)c1ccc(Nc2ncnc(OC3CCN(C(=O)O)CC3)c2[N+](=O)[O-])cc1. The lowest BCUT2D eigenvalue weighted by Crippen LogP contribution is -2.41. The summed E-state index contributed by atoms with van der Waals surface area (Å²) in [7, 11) is -3.37. The molecule has 2 heterocycles. The molecule has 0 radical (unpaired) electrons. The van der Waals surface area contributed by atoms with E-state index < -0.39 is 32.6 Å². The molecule has 1 fully saturated rings. The van der Waals surface area contributed by atoms with Gasteiger partial charge < -0.3 is 20.1 Å². The summed E-state index contributed by atoms with van der Waals surface area (Å²) in [6.07, 6.45) is 1.51. The molecule has 13 heteroatoms. The van der Waals surface area contributed by atoms with Crippen LogP contribution in [0.4, 0.5) is 22.0 Å². The van der Waals surface area contributed by atoms with Gasteiger partial charge in [-0.25, -0.2) is 18.2 Å². The molecule has 0 aliphatic carbocycles. The Balaban J connectivity index is 1.80. The number of benzene rings is 1. The number of amides is 1. The molecule has 1 aliphatic heterocycles. The van der Waals surface area contributed by atoms with Gasteiger partial charge in [-0.05, 0) is 24.3 Å². The Labute approximate surface area is 171 Å². The van der Waals surface area contributed by atoms with Crippen LogP contribution in [-0.4, -0.2) is 64.9 Å². The minimum absolute atomic E-state index is 0.111. The Morgan fingerprint density at radius 2 is 1.90 bits per heavy atom. The third-order valence-electron chi connectivity index (χ3n) is 4.51. The third kappa shape index (κ3) is 4.92. The van der Waals surface area contributed by atoms with Crippen molar-refractivity contribution in [2.24, 2.45) is 0 Å². The molecule has 2 aromatic rings. The third-order valence-corrected chi connectivity index (χ3v) is 5.64. The summed E-state index contributed by atoms with van der Waals surface area (Å²) in [4.78, 5) is 31.1. The highest BCUT2D eigenvalue weighted by atomic mass is 32.2. The molecule has 0 unspecified atom stereocenters. The standard InChI is InChI=1S/C17H19N5O7S/c1-30(27,28)13-4-2-11(3-5-13)20-15-14(22(25)26)16(19-10-18-15)29-12-6-8-21(9-7-12)17(23)24/h2-5,10,12H,6-9H2,1H3,(H,23,24)(H,18,19,20). The average Bonchev–Trinajstić information content (AvgIpc) is 2.68. The fraction of sp³-hybridized carbons (Fsp3) is 0.353. The summed E-state index contributed by atoms with van der Waals surface area (Å²) in [5.74, 6) is -0.334. The number of anilines is 2. The van der Waals surface area contributed by atoms with Crippen molar-refractivity contribution in [3.8, 4) is 5.88 Å². The number of piperidine rings is 1. The van der Waals surface area contributed by atoms with Crippen LogP contribution in [0.25, 0.3) is 0 Å². The Bertz CT molecular complexity index is 1050. The topological polar surface area (TPSA) is 165 Å². The molecular weight excluding hydrogens is 418 g/mol. The zero-order chi connectivity index (χ0) is 21.9. The minimum atomic E-state index is -3.37. The van der Waals surface area contributed by atoms with Crippen molar-refractivity contribution in [1.29, 1.82) is 0 Å². The van der Waals surface area contributed by atoms with Crippen LogP contribution in [0.5, 0.6) is 5.88 Å². The first-order valence-electron chi connectivity index (χ1n) is 8.86. The summed E-state index contributed by atoms with van der Waals surface area (Å²) in [5, 5.41) is 23.4. The highest BCUT2D eigenvalue weighted by molar-refractivity contribution is 7.90. The van der Waals surface area contributed by atoms with Gasteiger partial charge in [-0.1, -0.05) is 0 Å². The van der Waals surface area contributed by atoms with Crippen LogP contribution in [0.15, 0.2) is 35.5 Å². The number of hydrogen-bond donors (Lipinski definition) is 2. The lowest BCUT2D eigenvalue weighted by molar-refractivity contribution is -0.385. The molecule has 1 saturated heterocycles. The predicted molar refractivity (Wildman–Crippen MR) is 105 cm³/mol. The van der Waals surface area contributed by atoms with Gasteiger partial charge in [0.25, 0.3) is 5.88 Å². The normalized spacial score (nSPS) is 14.9. The molecule has 1 aromatic heterocycles. The number of likely N-dealkylation sites (tertiary alicyclic amines) is 1. The first-order valence-corrected chi connectivity index (χ1v) is 10.8. The van der Waals surface area contributed by atoms with Crippen LogP contribution < -0.4 is 10.1 Å². The molecule has 0 spiro atoms. The molecule has 1 aromatic carbocycles. The highest BCUT2D eigenvalue weighted by Crippen LogP contribution is 2.34. The molecule has 1 amide bonds. The molecule has 1 aliphatic rings. The molecule has 0 bridgehead atoms. The Morgan fingerprint density at radius 3 is 2.43 bits per heavy atom. The smallest absolute Gasteiger partial charge is 0.407 e. The maximum atomic E-state index is 11.6. The summed E-state index contributed by atoms with van der Waals surface area (Å²) < 4.78 is 28.8. The van der Waals surface area contributed by atoms with Crippen LogP contribution in [0.1, 0.15) is 12.8 Å². The number of carbonyl (C=O) groups is 1. The average molecular weight is 437 g/mol. The van der Waals surface area contributed by atoms with Crippen LogP contribution in [-0.2, 0) is 9.84 Å². The molecule has 3 rings (SSSR count). The number of rotatable bonds is 6. The van der Waals surface area contributed by atoms with E-state index in [0.717, 1.165) is 12.6 Å². The van der Waals surface area contributed by atoms with E-state index in [9.17, 15) is 23.3 Å². The van der Waals surface area contributed by atoms with Crippen molar-refractivity contribution in [3.63, 3.8) is 0 Å². The molecular formula is C17H19N5O7S. The lowest BCUT2D eigenvalue weighted by atomic mass is 10.1. The van der Waals surface area contributed by atoms with Crippen LogP contribution in [0.3, 0.4) is 0 Å². The Kier molecular flexibility index (Phi) is 6.01. The van der Waals surface area contributed by atoms with Crippen LogP contribution in [0, 0.1) is 10.1 Å². The highest BCUT2D eigenvalue weighted by Gasteiger charge is 2.29. The minimum Gasteiger partial charge on any atom is -0.469 e. The van der Waals surface area contributed by atoms with Crippen molar-refractivity contribution in [1.82, 2.24) is 14.9 Å². The van der Waals surface area contributed by atoms with Crippen LogP contribution >= 0.6 is 0 Å². The maximum absolute atomic E-state index is 11.6. The number of ether oxygens (including phenoxy) is 1. The van der Waals surface area contributed by atoms with Crippen LogP contribution in [0.2, 0.25) is 0 Å². The second-order valence-corrected chi connectivity index (χ2v) is 8.66. The van der Waals surface area contributed by atoms with E-state index in [1.54, 1.807) is 0 Å². The number of nitro groups is 1. The van der Waals surface area contributed by atoms with Crippen molar-refractivity contribution in [2.45, 2.75) is 23.8 Å². The number of aromatic nitrogens is 2. The van der Waals surface area contributed by atoms with Gasteiger partial charge in [0.2, 0.25) is 5.82 Å². The van der Waals surface area contributed by atoms with E-state index in [1.807, 2.05) is 0 Å². The quantitative estimate of drug-likeness (QED) is 0.504. The van der Waals surface area contributed by atoms with Crippen molar-refractivity contribution >= 4 is 33.1 Å². The molecule has 2 N–H and O–H groups in total. The fourth-order valence-corrected chi connectivity index (χ4v) is 3.58. The summed E-state index contributed by atoms with van der Waals surface area (Å²) >= 11 is 0. The van der Waals surface area contributed by atoms with E-state index in [0.29, 0.717) is 18.5 Å². The largest absolute Gasteiger partial charge is 0.469 e. The van der Waals surface area contributed by atoms with Gasteiger partial charge in [0, 0.05) is 37.9 Å². The van der Waals surface area contributed by atoms with Gasteiger partial charge in [0.15, 0.2) is 9.84 Å². The Hall–Kier alpha value is -3.48. The van der Waals surface area contributed by atoms with Crippen molar-refractivity contribution in [2.75, 3.05) is 24.7 Å². The van der Waals surface area contributed by atoms with Crippen molar-refractivity contribution < 1.29 is 28.0 Å². The molecule has 0 saturated carbocycles. The van der Waals surface area contributed by atoms with Gasteiger partial charge in [0.1, 0.15) is 12.4 Å². The summed E-state index contributed by atoms with van der Waals surface area (Å²) in [6.45, 7) is 0.521. The van der Waals surface area contributed by atoms with E-state index in [4.69, 9.17) is 9.84 Å². The fourth-order valence-electron chi connectivity index (χ4n) is 2.95. The van der Waals surface area contributed by atoms with E-state index in [2.05, 4.69) is 15.3 Å². The van der Waals surface area contributed by atoms with Gasteiger partial charge in [-0.15, -0.1) is 0 Å². The molecule has 30 heavy (non-hydrogen) atoms. The number of sulfone groups is 1. The maximum Gasteiger partial charge on any atom is 0.407 e. The lowest BCUT2D eigenvalue weighted by Gasteiger charge is -2.29. The number of nitrogens with zero attached hydrogens (tertiary/aromatic N) is 4. The van der Waals surface area contributed by atoms with E-state index >= 15 is 0 Å². The Morgan fingerprint density at radius 1 is 1.27 bits per heavy atom. The monoisotopic (exact) mass is 437 g/mol. The van der Waals surface area contributed by atoms with Gasteiger partial charge in [0.05, 0.1) is 9.82 Å². The summed E-state index contributed by atoms with van der Waals surface area (Å²) in [5.41, 5.74) is -0.0738. The van der Waals surface area contributed by atoms with Gasteiger partial charge in [-0.2, -0.15) is 4.98 Å². The summed E-state index contributed by atoms with van der Waals surface area (Å²) in [6, 6.07) is 5.67. The van der Waals surface area contributed by atoms with E-state index in [-0.39, 0.29) is 29.7 Å². The predicted octanol–water partition coefficient (Wildman–Crippen LogP) is 2.05. The second kappa shape index (κ2) is 8.49. The number of nitrogens with one attached hydrogen (secondary N) is 1. The van der Waals surface area contributed by atoms with Crippen molar-refractivity contribution in [3.05, 3.63) is 40.7 Å². The number of carboxylic acid groups (broad SMARTS) is 1. The van der Waals surface area contributed by atoms with E-state index in [1.165, 1.54) is 29.2 Å². The molecule has 0 atom stereocenters.